The number of benzene rings is 2. The molecule has 3 rings (SSSR count). The van der Waals surface area contributed by atoms with Crippen LogP contribution in [0.2, 0.25) is 0 Å². The summed E-state index contributed by atoms with van der Waals surface area (Å²) in [6, 6.07) is 15.4. The standard InChI is InChI=1S/C20H19F3N4O2.HI/c1-24-19(25-11-15-9-5-6-10-17(15)29-20(21,22)23)26-12-16-13-28-18(27-16)14-7-3-2-4-8-14;/h2-10,13H,11-12H2,1H3,(H2,24,25,26);1H. The van der Waals surface area contributed by atoms with Gasteiger partial charge in [-0.1, -0.05) is 36.4 Å². The molecule has 30 heavy (non-hydrogen) atoms. The highest BCUT2D eigenvalue weighted by Gasteiger charge is 2.31. The number of halogens is 4. The fourth-order valence-electron chi connectivity index (χ4n) is 2.55. The summed E-state index contributed by atoms with van der Waals surface area (Å²) in [6.45, 7) is 0.427. The summed E-state index contributed by atoms with van der Waals surface area (Å²) < 4.78 is 47.1. The number of para-hydroxylation sites is 1. The average molecular weight is 532 g/mol. The Morgan fingerprint density at radius 1 is 1.03 bits per heavy atom. The molecule has 2 aromatic carbocycles. The molecule has 0 atom stereocenters. The molecule has 1 aromatic heterocycles. The molecule has 0 unspecified atom stereocenters. The molecule has 1 heterocycles. The van der Waals surface area contributed by atoms with E-state index in [-0.39, 0.29) is 36.3 Å². The number of hydrogen-bond acceptors (Lipinski definition) is 4. The second kappa shape index (κ2) is 10.9. The van der Waals surface area contributed by atoms with Crippen molar-refractivity contribution < 1.29 is 22.3 Å². The highest BCUT2D eigenvalue weighted by molar-refractivity contribution is 14.0. The van der Waals surface area contributed by atoms with Crippen LogP contribution in [0.25, 0.3) is 11.5 Å². The molecule has 10 heteroatoms. The lowest BCUT2D eigenvalue weighted by molar-refractivity contribution is -0.274. The first-order valence-electron chi connectivity index (χ1n) is 8.72. The average Bonchev–Trinajstić information content (AvgIpc) is 3.18. The van der Waals surface area contributed by atoms with Crippen LogP contribution in [0, 0.1) is 0 Å². The zero-order chi connectivity index (χ0) is 20.7. The van der Waals surface area contributed by atoms with Gasteiger partial charge in [-0.25, -0.2) is 4.98 Å². The fourth-order valence-corrected chi connectivity index (χ4v) is 2.55. The number of alkyl halides is 3. The van der Waals surface area contributed by atoms with Crippen LogP contribution < -0.4 is 15.4 Å². The lowest BCUT2D eigenvalue weighted by Crippen LogP contribution is -2.36. The Morgan fingerprint density at radius 2 is 1.70 bits per heavy atom. The molecular formula is C20H20F3IN4O2. The van der Waals surface area contributed by atoms with Crippen molar-refractivity contribution in [1.29, 1.82) is 0 Å². The molecule has 0 aliphatic rings. The van der Waals surface area contributed by atoms with E-state index in [0.29, 0.717) is 29.7 Å². The Morgan fingerprint density at radius 3 is 2.40 bits per heavy atom. The normalized spacial score (nSPS) is 11.5. The van der Waals surface area contributed by atoms with E-state index in [4.69, 9.17) is 4.42 Å². The molecule has 3 aromatic rings. The van der Waals surface area contributed by atoms with Gasteiger partial charge in [-0.05, 0) is 18.2 Å². The van der Waals surface area contributed by atoms with Crippen LogP contribution in [-0.4, -0.2) is 24.4 Å². The van der Waals surface area contributed by atoms with Gasteiger partial charge in [-0.15, -0.1) is 37.1 Å². The summed E-state index contributed by atoms with van der Waals surface area (Å²) in [7, 11) is 1.56. The number of guanidine groups is 1. The van der Waals surface area contributed by atoms with Gasteiger partial charge >= 0.3 is 6.36 Å². The predicted molar refractivity (Wildman–Crippen MR) is 118 cm³/mol. The molecule has 0 saturated carbocycles. The quantitative estimate of drug-likeness (QED) is 0.273. The van der Waals surface area contributed by atoms with Crippen LogP contribution in [-0.2, 0) is 13.1 Å². The van der Waals surface area contributed by atoms with E-state index in [1.165, 1.54) is 18.4 Å². The van der Waals surface area contributed by atoms with E-state index in [0.717, 1.165) is 5.56 Å². The molecule has 0 spiro atoms. The summed E-state index contributed by atoms with van der Waals surface area (Å²) in [6.07, 6.45) is -3.21. The topological polar surface area (TPSA) is 71.7 Å². The number of hydrogen-bond donors (Lipinski definition) is 2. The van der Waals surface area contributed by atoms with Gasteiger partial charge in [0, 0.05) is 24.7 Å². The molecule has 0 amide bonds. The van der Waals surface area contributed by atoms with Gasteiger partial charge in [0.15, 0.2) is 5.96 Å². The Labute approximate surface area is 188 Å². The SMILES string of the molecule is CN=C(NCc1coc(-c2ccccc2)n1)NCc1ccccc1OC(F)(F)F.I. The molecule has 6 nitrogen and oxygen atoms in total. The molecule has 0 radical (unpaired) electrons. The first kappa shape index (κ1) is 23.5. The highest BCUT2D eigenvalue weighted by atomic mass is 127. The fraction of sp³-hybridized carbons (Fsp3) is 0.200. The van der Waals surface area contributed by atoms with Crippen molar-refractivity contribution in [3.05, 3.63) is 72.1 Å². The van der Waals surface area contributed by atoms with Crippen molar-refractivity contribution in [3.8, 4) is 17.2 Å². The van der Waals surface area contributed by atoms with Crippen LogP contribution in [0.5, 0.6) is 5.75 Å². The zero-order valence-corrected chi connectivity index (χ0v) is 18.3. The van der Waals surface area contributed by atoms with E-state index in [2.05, 4.69) is 25.3 Å². The highest BCUT2D eigenvalue weighted by Crippen LogP contribution is 2.26. The minimum absolute atomic E-state index is 0. The second-order valence-corrected chi connectivity index (χ2v) is 5.94. The van der Waals surface area contributed by atoms with Crippen LogP contribution in [0.3, 0.4) is 0 Å². The van der Waals surface area contributed by atoms with Gasteiger partial charge < -0.3 is 19.8 Å². The van der Waals surface area contributed by atoms with Crippen molar-refractivity contribution >= 4 is 29.9 Å². The van der Waals surface area contributed by atoms with Gasteiger partial charge in [-0.2, -0.15) is 0 Å². The first-order valence-corrected chi connectivity index (χ1v) is 8.72. The Kier molecular flexibility index (Phi) is 8.51. The molecular weight excluding hydrogens is 512 g/mol. The lowest BCUT2D eigenvalue weighted by atomic mass is 10.2. The number of oxazole rings is 1. The number of ether oxygens (including phenoxy) is 1. The van der Waals surface area contributed by atoms with Crippen LogP contribution in [0.1, 0.15) is 11.3 Å². The van der Waals surface area contributed by atoms with Crippen molar-refractivity contribution in [2.45, 2.75) is 19.5 Å². The minimum Gasteiger partial charge on any atom is -0.444 e. The molecule has 0 aliphatic carbocycles. The molecule has 0 saturated heterocycles. The number of nitrogens with zero attached hydrogens (tertiary/aromatic N) is 2. The summed E-state index contributed by atoms with van der Waals surface area (Å²) in [5.41, 5.74) is 1.87. The Bertz CT molecular complexity index is 962. The number of aliphatic imine (C=N–C) groups is 1. The van der Waals surface area contributed by atoms with Crippen molar-refractivity contribution in [2.75, 3.05) is 7.05 Å². The lowest BCUT2D eigenvalue weighted by Gasteiger charge is -2.15. The van der Waals surface area contributed by atoms with Crippen molar-refractivity contribution in [3.63, 3.8) is 0 Å². The van der Waals surface area contributed by atoms with E-state index in [9.17, 15) is 13.2 Å². The van der Waals surface area contributed by atoms with Crippen molar-refractivity contribution in [2.24, 2.45) is 4.99 Å². The molecule has 0 bridgehead atoms. The third kappa shape index (κ3) is 6.94. The molecule has 2 N–H and O–H groups in total. The molecule has 0 fully saturated rings. The van der Waals surface area contributed by atoms with Crippen molar-refractivity contribution in [1.82, 2.24) is 15.6 Å². The maximum Gasteiger partial charge on any atom is 0.573 e. The third-order valence-electron chi connectivity index (χ3n) is 3.88. The van der Waals surface area contributed by atoms with Gasteiger partial charge in [0.25, 0.3) is 0 Å². The first-order chi connectivity index (χ1) is 13.9. The van der Waals surface area contributed by atoms with Crippen LogP contribution in [0.4, 0.5) is 13.2 Å². The largest absolute Gasteiger partial charge is 0.573 e. The van der Waals surface area contributed by atoms with Gasteiger partial charge in [0.05, 0.1) is 12.2 Å². The summed E-state index contributed by atoms with van der Waals surface area (Å²) in [5, 5.41) is 6.00. The Balaban J connectivity index is 0.00000320. The molecule has 0 aliphatic heterocycles. The minimum atomic E-state index is -4.75. The number of rotatable bonds is 6. The Hall–Kier alpha value is -2.76. The van der Waals surface area contributed by atoms with Gasteiger partial charge in [-0.3, -0.25) is 4.99 Å². The van der Waals surface area contributed by atoms with Gasteiger partial charge in [0.2, 0.25) is 5.89 Å². The van der Waals surface area contributed by atoms with E-state index in [1.54, 1.807) is 19.2 Å². The second-order valence-electron chi connectivity index (χ2n) is 5.94. The smallest absolute Gasteiger partial charge is 0.444 e. The van der Waals surface area contributed by atoms with Crippen LogP contribution in [0.15, 0.2) is 70.3 Å². The number of nitrogens with one attached hydrogen (secondary N) is 2. The van der Waals surface area contributed by atoms with E-state index < -0.39 is 6.36 Å². The van der Waals surface area contributed by atoms with Crippen LogP contribution >= 0.6 is 24.0 Å². The maximum absolute atomic E-state index is 12.5. The summed E-state index contributed by atoms with van der Waals surface area (Å²) in [5.74, 6) is 0.645. The summed E-state index contributed by atoms with van der Waals surface area (Å²) in [4.78, 5) is 8.46. The monoisotopic (exact) mass is 532 g/mol. The maximum atomic E-state index is 12.5. The summed E-state index contributed by atoms with van der Waals surface area (Å²) >= 11 is 0. The van der Waals surface area contributed by atoms with E-state index >= 15 is 0 Å². The zero-order valence-electron chi connectivity index (χ0n) is 15.9. The third-order valence-corrected chi connectivity index (χ3v) is 3.88. The number of aromatic nitrogens is 1. The molecule has 160 valence electrons. The van der Waals surface area contributed by atoms with E-state index in [1.807, 2.05) is 30.3 Å². The van der Waals surface area contributed by atoms with Gasteiger partial charge in [0.1, 0.15) is 12.0 Å². The predicted octanol–water partition coefficient (Wildman–Crippen LogP) is 4.72.